The van der Waals surface area contributed by atoms with Crippen molar-refractivity contribution in [1.29, 1.82) is 0 Å². The second-order valence-corrected chi connectivity index (χ2v) is 6.55. The molecule has 9 heteroatoms. The second kappa shape index (κ2) is 11.3. The molecule has 3 rings (SSSR count). The van der Waals surface area contributed by atoms with E-state index in [4.69, 9.17) is 5.21 Å². The van der Waals surface area contributed by atoms with E-state index >= 15 is 0 Å². The van der Waals surface area contributed by atoms with Crippen LogP contribution < -0.4 is 10.8 Å². The molecule has 1 atom stereocenters. The first-order valence-electron chi connectivity index (χ1n) is 8.69. The van der Waals surface area contributed by atoms with Crippen molar-refractivity contribution < 1.29 is 10.0 Å². The highest BCUT2D eigenvalue weighted by Gasteiger charge is 2.27. The summed E-state index contributed by atoms with van der Waals surface area (Å²) in [5.74, 6) is 0.172. The molecule has 0 bridgehead atoms. The molecule has 26 heavy (non-hydrogen) atoms. The molecule has 0 spiro atoms. The number of amides is 1. The van der Waals surface area contributed by atoms with Crippen LogP contribution in [0.5, 0.6) is 0 Å². The monoisotopic (exact) mass is 403 g/mol. The van der Waals surface area contributed by atoms with Gasteiger partial charge in [-0.2, -0.15) is 0 Å². The summed E-state index contributed by atoms with van der Waals surface area (Å²) in [6.45, 7) is 2.29. The van der Waals surface area contributed by atoms with Gasteiger partial charge in [-0.1, -0.05) is 12.8 Å². The van der Waals surface area contributed by atoms with E-state index in [0.29, 0.717) is 11.7 Å². The molecule has 1 amide bonds. The number of likely N-dealkylation sites (tertiary alicyclic amines) is 1. The van der Waals surface area contributed by atoms with Crippen LogP contribution in [0.15, 0.2) is 18.5 Å². The third kappa shape index (κ3) is 6.39. The molecular weight excluding hydrogens is 377 g/mol. The fourth-order valence-electron chi connectivity index (χ4n) is 3.63. The van der Waals surface area contributed by atoms with E-state index in [2.05, 4.69) is 20.2 Å². The van der Waals surface area contributed by atoms with Crippen molar-refractivity contribution in [1.82, 2.24) is 20.3 Å². The Morgan fingerprint density at radius 3 is 2.58 bits per heavy atom. The number of hydrogen-bond acceptors (Lipinski definition) is 6. The molecule has 1 saturated heterocycles. The van der Waals surface area contributed by atoms with Gasteiger partial charge in [0.2, 0.25) is 0 Å². The molecule has 1 aromatic heterocycles. The molecule has 2 heterocycles. The number of aromatic nitrogens is 2. The Bertz CT molecular complexity index is 579. The number of hydrogen-bond donors (Lipinski definition) is 3. The van der Waals surface area contributed by atoms with Gasteiger partial charge in [0.25, 0.3) is 5.91 Å². The molecule has 1 aliphatic heterocycles. The third-order valence-corrected chi connectivity index (χ3v) is 4.83. The van der Waals surface area contributed by atoms with Crippen LogP contribution in [0.1, 0.15) is 44.2 Å². The maximum Gasteiger partial charge on any atom is 0.267 e. The molecule has 3 N–H and O–H groups in total. The molecule has 1 aromatic rings. The standard InChI is InChI=1S/C17H25N5O2.2ClH/c23-17(21-24)8-7-13-10-19-16(11-18-13)20-14-4-3-9-22(12-14)15-5-1-2-6-15;;/h7-8,10-11,14-15,24H,1-6,9,12H2,(H,19,20)(H,21,23);2*1H/b8-7+;;/t14-;;/m1../s1. The van der Waals surface area contributed by atoms with Gasteiger partial charge in [-0.15, -0.1) is 24.8 Å². The minimum atomic E-state index is -0.590. The van der Waals surface area contributed by atoms with Crippen LogP contribution in [0.25, 0.3) is 6.08 Å². The lowest BCUT2D eigenvalue weighted by molar-refractivity contribution is -0.124. The fourth-order valence-corrected chi connectivity index (χ4v) is 3.63. The van der Waals surface area contributed by atoms with E-state index in [-0.39, 0.29) is 24.8 Å². The van der Waals surface area contributed by atoms with Crippen molar-refractivity contribution in [2.24, 2.45) is 0 Å². The van der Waals surface area contributed by atoms with Gasteiger partial charge in [0.05, 0.1) is 18.1 Å². The van der Waals surface area contributed by atoms with E-state index in [1.54, 1.807) is 12.4 Å². The molecular formula is C17H27Cl2N5O2. The van der Waals surface area contributed by atoms with Crippen molar-refractivity contribution in [2.75, 3.05) is 18.4 Å². The summed E-state index contributed by atoms with van der Waals surface area (Å²) < 4.78 is 0. The first-order valence-corrected chi connectivity index (χ1v) is 8.69. The first kappa shape index (κ1) is 22.6. The Balaban J connectivity index is 0.00000169. The zero-order valence-corrected chi connectivity index (χ0v) is 16.3. The molecule has 1 aliphatic carbocycles. The number of nitrogens with one attached hydrogen (secondary N) is 2. The highest BCUT2D eigenvalue weighted by Crippen LogP contribution is 2.26. The van der Waals surface area contributed by atoms with Gasteiger partial charge in [-0.3, -0.25) is 19.9 Å². The van der Waals surface area contributed by atoms with Gasteiger partial charge in [-0.25, -0.2) is 10.5 Å². The highest BCUT2D eigenvalue weighted by atomic mass is 35.5. The van der Waals surface area contributed by atoms with Crippen LogP contribution >= 0.6 is 24.8 Å². The normalized spacial score (nSPS) is 21.0. The number of piperidine rings is 1. The molecule has 2 aliphatic rings. The van der Waals surface area contributed by atoms with Crippen molar-refractivity contribution >= 4 is 42.6 Å². The van der Waals surface area contributed by atoms with Gasteiger partial charge >= 0.3 is 0 Å². The van der Waals surface area contributed by atoms with Crippen molar-refractivity contribution in [2.45, 2.75) is 50.6 Å². The van der Waals surface area contributed by atoms with E-state index in [1.807, 2.05) is 0 Å². The van der Waals surface area contributed by atoms with Crippen molar-refractivity contribution in [3.05, 3.63) is 24.2 Å². The number of nitrogens with zero attached hydrogens (tertiary/aromatic N) is 3. The number of rotatable bonds is 5. The summed E-state index contributed by atoms with van der Waals surface area (Å²) >= 11 is 0. The van der Waals surface area contributed by atoms with E-state index in [1.165, 1.54) is 56.3 Å². The Morgan fingerprint density at radius 2 is 1.92 bits per heavy atom. The summed E-state index contributed by atoms with van der Waals surface area (Å²) in [6, 6.07) is 1.18. The quantitative estimate of drug-likeness (QED) is 0.397. The third-order valence-electron chi connectivity index (χ3n) is 4.83. The number of carbonyl (C=O) groups is 1. The summed E-state index contributed by atoms with van der Waals surface area (Å²) in [6.07, 6.45) is 13.8. The molecule has 0 radical (unpaired) electrons. The maximum atomic E-state index is 10.9. The zero-order valence-electron chi connectivity index (χ0n) is 14.6. The summed E-state index contributed by atoms with van der Waals surface area (Å²) in [7, 11) is 0. The van der Waals surface area contributed by atoms with E-state index in [0.717, 1.165) is 24.8 Å². The van der Waals surface area contributed by atoms with Gasteiger partial charge in [-0.05, 0) is 38.3 Å². The Labute approximate surface area is 166 Å². The predicted molar refractivity (Wildman–Crippen MR) is 106 cm³/mol. The van der Waals surface area contributed by atoms with Crippen LogP contribution in [0.3, 0.4) is 0 Å². The van der Waals surface area contributed by atoms with Crippen LogP contribution in [0.4, 0.5) is 5.82 Å². The fraction of sp³-hybridized carbons (Fsp3) is 0.588. The maximum absolute atomic E-state index is 10.9. The van der Waals surface area contributed by atoms with Crippen molar-refractivity contribution in [3.63, 3.8) is 0 Å². The van der Waals surface area contributed by atoms with Gasteiger partial charge in [0.15, 0.2) is 0 Å². The van der Waals surface area contributed by atoms with E-state index < -0.39 is 5.91 Å². The minimum absolute atomic E-state index is 0. The zero-order chi connectivity index (χ0) is 16.8. The second-order valence-electron chi connectivity index (χ2n) is 6.55. The summed E-state index contributed by atoms with van der Waals surface area (Å²) in [4.78, 5) is 22.2. The average molecular weight is 404 g/mol. The molecule has 146 valence electrons. The summed E-state index contributed by atoms with van der Waals surface area (Å²) in [5, 5.41) is 11.9. The minimum Gasteiger partial charge on any atom is -0.365 e. The molecule has 0 aromatic carbocycles. The number of anilines is 1. The number of halogens is 2. The SMILES string of the molecule is Cl.Cl.O=C(/C=C/c1cnc(N[C@@H]2CCCN(C3CCCC3)C2)cn1)NO. The lowest BCUT2D eigenvalue weighted by Crippen LogP contribution is -2.46. The molecule has 1 saturated carbocycles. The van der Waals surface area contributed by atoms with Crippen molar-refractivity contribution in [3.8, 4) is 0 Å². The van der Waals surface area contributed by atoms with Crippen LogP contribution in [-0.4, -0.2) is 51.2 Å². The van der Waals surface area contributed by atoms with Gasteiger partial charge in [0.1, 0.15) is 5.82 Å². The summed E-state index contributed by atoms with van der Waals surface area (Å²) in [5.41, 5.74) is 2.11. The molecule has 2 fully saturated rings. The van der Waals surface area contributed by atoms with Gasteiger partial charge < -0.3 is 5.32 Å². The largest absolute Gasteiger partial charge is 0.365 e. The van der Waals surface area contributed by atoms with Gasteiger partial charge in [0, 0.05) is 24.7 Å². The molecule has 0 unspecified atom stereocenters. The van der Waals surface area contributed by atoms with Crippen LogP contribution in [0.2, 0.25) is 0 Å². The average Bonchev–Trinajstić information content (AvgIpc) is 3.16. The Hall–Kier alpha value is -1.41. The molecule has 7 nitrogen and oxygen atoms in total. The lowest BCUT2D eigenvalue weighted by Gasteiger charge is -2.37. The topological polar surface area (TPSA) is 90.4 Å². The number of hydroxylamine groups is 1. The first-order chi connectivity index (χ1) is 11.7. The Morgan fingerprint density at radius 1 is 1.15 bits per heavy atom. The van der Waals surface area contributed by atoms with Crippen LogP contribution in [0, 0.1) is 0 Å². The van der Waals surface area contributed by atoms with Crippen LogP contribution in [-0.2, 0) is 4.79 Å². The lowest BCUT2D eigenvalue weighted by atomic mass is 10.0. The predicted octanol–water partition coefficient (Wildman–Crippen LogP) is 2.66. The van der Waals surface area contributed by atoms with E-state index in [9.17, 15) is 4.79 Å². The smallest absolute Gasteiger partial charge is 0.267 e. The highest BCUT2D eigenvalue weighted by molar-refractivity contribution is 5.90. The Kier molecular flexibility index (Phi) is 9.87. The number of carbonyl (C=O) groups excluding carboxylic acids is 1.